The Morgan fingerprint density at radius 2 is 1.62 bits per heavy atom. The van der Waals surface area contributed by atoms with E-state index in [2.05, 4.69) is 0 Å². The topological polar surface area (TPSA) is 74.8 Å². The minimum absolute atomic E-state index is 0.0605. The number of rotatable bonds is 3. The number of aromatic hydroxyl groups is 2. The smallest absolute Gasteiger partial charge is 0.205 e. The fraction of sp³-hybridized carbons (Fsp3) is 0.143. The van der Waals surface area contributed by atoms with E-state index in [-0.39, 0.29) is 18.4 Å². The predicted molar refractivity (Wildman–Crippen MR) is 96.3 cm³/mol. The van der Waals surface area contributed by atoms with Crippen molar-refractivity contribution in [3.05, 3.63) is 77.9 Å². The van der Waals surface area contributed by atoms with Crippen molar-refractivity contribution < 1.29 is 20.1 Å². The van der Waals surface area contributed by atoms with Gasteiger partial charge in [0.05, 0.1) is 23.4 Å². The lowest BCUT2D eigenvalue weighted by Crippen LogP contribution is -2.25. The van der Waals surface area contributed by atoms with Gasteiger partial charge in [0.15, 0.2) is 0 Å². The van der Waals surface area contributed by atoms with E-state index in [1.807, 2.05) is 54.6 Å². The maximum absolute atomic E-state index is 10.8. The van der Waals surface area contributed by atoms with Gasteiger partial charge in [0.25, 0.3) is 0 Å². The Bertz CT molecular complexity index is 1020. The minimum Gasteiger partial charge on any atom is -0.494 e. The summed E-state index contributed by atoms with van der Waals surface area (Å²) in [6.45, 7) is -0.295. The maximum Gasteiger partial charge on any atom is 0.205 e. The van der Waals surface area contributed by atoms with Gasteiger partial charge in [0.1, 0.15) is 11.7 Å². The molecule has 0 fully saturated rings. The molecule has 2 aliphatic rings. The average Bonchev–Trinajstić information content (AvgIpc) is 3.33. The van der Waals surface area contributed by atoms with E-state index in [9.17, 15) is 15.3 Å². The Morgan fingerprint density at radius 1 is 0.923 bits per heavy atom. The highest BCUT2D eigenvalue weighted by molar-refractivity contribution is 5.66. The van der Waals surface area contributed by atoms with Crippen LogP contribution in [-0.2, 0) is 10.3 Å². The van der Waals surface area contributed by atoms with Gasteiger partial charge in [-0.1, -0.05) is 48.5 Å². The summed E-state index contributed by atoms with van der Waals surface area (Å²) >= 11 is 0. The molecule has 130 valence electrons. The number of hydrogen-bond acceptors (Lipinski definition) is 4. The molecule has 0 aliphatic carbocycles. The molecule has 0 spiro atoms. The van der Waals surface area contributed by atoms with E-state index in [0.29, 0.717) is 16.8 Å². The molecule has 5 rings (SSSR count). The van der Waals surface area contributed by atoms with Crippen LogP contribution < -0.4 is 0 Å². The monoisotopic (exact) mass is 347 g/mol. The molecule has 2 unspecified atom stereocenters. The van der Waals surface area contributed by atoms with Crippen LogP contribution in [0.5, 0.6) is 11.8 Å². The third kappa shape index (κ3) is 1.87. The van der Waals surface area contributed by atoms with E-state index in [4.69, 9.17) is 4.74 Å². The Hall–Kier alpha value is -3.02. The fourth-order valence-corrected chi connectivity index (χ4v) is 3.94. The van der Waals surface area contributed by atoms with Crippen LogP contribution in [0.2, 0.25) is 0 Å². The molecule has 26 heavy (non-hydrogen) atoms. The summed E-state index contributed by atoms with van der Waals surface area (Å²) in [5.41, 5.74) is 2.67. The van der Waals surface area contributed by atoms with Crippen molar-refractivity contribution >= 4 is 0 Å². The molecule has 2 aromatic carbocycles. The second-order valence-electron chi connectivity index (χ2n) is 6.63. The highest BCUT2D eigenvalue weighted by Gasteiger charge is 2.52. The summed E-state index contributed by atoms with van der Waals surface area (Å²) in [7, 11) is 0. The number of fused-ring (bicyclic) bond motifs is 5. The van der Waals surface area contributed by atoms with Gasteiger partial charge in [-0.25, -0.2) is 0 Å². The van der Waals surface area contributed by atoms with E-state index in [1.54, 1.807) is 12.2 Å². The van der Waals surface area contributed by atoms with Crippen LogP contribution in [0, 0.1) is 0 Å². The molecule has 0 saturated heterocycles. The highest BCUT2D eigenvalue weighted by atomic mass is 16.5. The van der Waals surface area contributed by atoms with Crippen molar-refractivity contribution in [3.8, 4) is 28.6 Å². The second kappa shape index (κ2) is 5.24. The summed E-state index contributed by atoms with van der Waals surface area (Å²) in [6.07, 6.45) is 3.08. The molecule has 3 aromatic rings. The van der Waals surface area contributed by atoms with Gasteiger partial charge in [-0.3, -0.25) is 4.57 Å². The third-order valence-electron chi connectivity index (χ3n) is 5.21. The molecule has 1 aromatic heterocycles. The second-order valence-corrected chi connectivity index (χ2v) is 6.63. The van der Waals surface area contributed by atoms with Crippen molar-refractivity contribution in [2.24, 2.45) is 0 Å². The summed E-state index contributed by atoms with van der Waals surface area (Å²) in [6, 6.07) is 17.6. The van der Waals surface area contributed by atoms with Crippen LogP contribution in [0.25, 0.3) is 16.8 Å². The number of ether oxygens (including phenoxy) is 1. The molecule has 2 aliphatic heterocycles. The Morgan fingerprint density at radius 3 is 2.31 bits per heavy atom. The zero-order chi connectivity index (χ0) is 17.9. The van der Waals surface area contributed by atoms with Crippen molar-refractivity contribution in [3.63, 3.8) is 0 Å². The van der Waals surface area contributed by atoms with Gasteiger partial charge in [0.2, 0.25) is 11.8 Å². The molecule has 2 atom stereocenters. The Balaban J connectivity index is 1.61. The number of aliphatic hydroxyl groups is 1. The first-order chi connectivity index (χ1) is 12.6. The van der Waals surface area contributed by atoms with Crippen LogP contribution in [0.3, 0.4) is 0 Å². The molecular formula is C21H17NO4. The molecule has 5 heteroatoms. The third-order valence-corrected chi connectivity index (χ3v) is 5.21. The van der Waals surface area contributed by atoms with Crippen molar-refractivity contribution in [2.45, 2.75) is 11.7 Å². The van der Waals surface area contributed by atoms with Gasteiger partial charge in [-0.05, 0) is 29.3 Å². The van der Waals surface area contributed by atoms with Crippen LogP contribution in [0.4, 0.5) is 0 Å². The van der Waals surface area contributed by atoms with Gasteiger partial charge in [-0.15, -0.1) is 0 Å². The van der Waals surface area contributed by atoms with Gasteiger partial charge < -0.3 is 20.1 Å². The van der Waals surface area contributed by atoms with E-state index < -0.39 is 11.7 Å². The fourth-order valence-electron chi connectivity index (χ4n) is 3.94. The zero-order valence-corrected chi connectivity index (χ0v) is 13.8. The Kier molecular flexibility index (Phi) is 3.07. The Labute approximate surface area is 150 Å². The molecule has 3 heterocycles. The SMILES string of the molecule is OCC12C=CC(O1)c1c2c(O)n(-c2ccc(-c3ccccc3)cc2)c1O. The summed E-state index contributed by atoms with van der Waals surface area (Å²) in [5, 5.41) is 31.2. The summed E-state index contributed by atoms with van der Waals surface area (Å²) < 4.78 is 7.15. The number of nitrogens with zero attached hydrogens (tertiary/aromatic N) is 1. The zero-order valence-electron chi connectivity index (χ0n) is 13.8. The number of aliphatic hydroxyl groups excluding tert-OH is 1. The standard InChI is InChI=1S/C21H17NO4/c23-12-21-11-10-16(26-21)17-18(21)20(25)22(19(17)24)15-8-6-14(7-9-15)13-4-2-1-3-5-13/h1-11,16,23-25H,12H2. The lowest BCUT2D eigenvalue weighted by Gasteiger charge is -2.21. The van der Waals surface area contributed by atoms with Crippen LogP contribution in [0.15, 0.2) is 66.7 Å². The van der Waals surface area contributed by atoms with Crippen molar-refractivity contribution in [1.82, 2.24) is 4.57 Å². The molecule has 0 amide bonds. The molecule has 0 radical (unpaired) electrons. The van der Waals surface area contributed by atoms with Gasteiger partial charge in [0, 0.05) is 0 Å². The van der Waals surface area contributed by atoms with E-state index >= 15 is 0 Å². The summed E-state index contributed by atoms with van der Waals surface area (Å²) in [5.74, 6) is -0.166. The molecule has 3 N–H and O–H groups in total. The molecule has 5 nitrogen and oxygen atoms in total. The molecular weight excluding hydrogens is 330 g/mol. The maximum atomic E-state index is 10.8. The van der Waals surface area contributed by atoms with Crippen molar-refractivity contribution in [1.29, 1.82) is 0 Å². The summed E-state index contributed by atoms with van der Waals surface area (Å²) in [4.78, 5) is 0. The van der Waals surface area contributed by atoms with Crippen LogP contribution in [-0.4, -0.2) is 26.5 Å². The highest BCUT2D eigenvalue weighted by Crippen LogP contribution is 2.58. The average molecular weight is 347 g/mol. The normalized spacial score (nSPS) is 22.7. The number of hydrogen-bond donors (Lipinski definition) is 3. The lowest BCUT2D eigenvalue weighted by molar-refractivity contribution is -0.0414. The van der Waals surface area contributed by atoms with Gasteiger partial charge in [-0.2, -0.15) is 0 Å². The van der Waals surface area contributed by atoms with Crippen molar-refractivity contribution in [2.75, 3.05) is 6.61 Å². The largest absolute Gasteiger partial charge is 0.494 e. The van der Waals surface area contributed by atoms with Gasteiger partial charge >= 0.3 is 0 Å². The minimum atomic E-state index is -1.07. The number of aromatic nitrogens is 1. The number of benzene rings is 2. The van der Waals surface area contributed by atoms with E-state index in [1.165, 1.54) is 4.57 Å². The van der Waals surface area contributed by atoms with E-state index in [0.717, 1.165) is 11.1 Å². The quantitative estimate of drug-likeness (QED) is 0.635. The first-order valence-electron chi connectivity index (χ1n) is 8.45. The van der Waals surface area contributed by atoms with Crippen LogP contribution in [0.1, 0.15) is 17.2 Å². The lowest BCUT2D eigenvalue weighted by atomic mass is 9.90. The molecule has 2 bridgehead atoms. The predicted octanol–water partition coefficient (Wildman–Crippen LogP) is 3.38. The first kappa shape index (κ1) is 15.3. The first-order valence-corrected chi connectivity index (χ1v) is 8.45. The molecule has 0 saturated carbocycles. The van der Waals surface area contributed by atoms with Crippen LogP contribution >= 0.6 is 0 Å².